The normalized spacial score (nSPS) is 16.0. The maximum atomic E-state index is 13.1. The predicted octanol–water partition coefficient (Wildman–Crippen LogP) is 1.68. The molecule has 0 aromatic heterocycles. The van der Waals surface area contributed by atoms with E-state index >= 15 is 0 Å². The van der Waals surface area contributed by atoms with E-state index in [0.717, 1.165) is 14.9 Å². The van der Waals surface area contributed by atoms with E-state index in [1.165, 1.54) is 4.90 Å². The van der Waals surface area contributed by atoms with Gasteiger partial charge >= 0.3 is 0 Å². The average Bonchev–Trinajstić information content (AvgIpc) is 3.02. The third-order valence-corrected chi connectivity index (χ3v) is 5.46. The van der Waals surface area contributed by atoms with E-state index in [9.17, 15) is 24.3 Å². The van der Waals surface area contributed by atoms with Crippen molar-refractivity contribution in [3.63, 3.8) is 0 Å². The van der Waals surface area contributed by atoms with Crippen LogP contribution in [0.3, 0.4) is 0 Å². The maximum absolute atomic E-state index is 13.1. The number of carbonyl (C=O) groups excluding carboxylic acids is 4. The Hall–Kier alpha value is -3.00. The molecule has 1 atom stereocenters. The molecule has 1 aliphatic heterocycles. The van der Waals surface area contributed by atoms with Gasteiger partial charge in [-0.2, -0.15) is 0 Å². The molecule has 8 heteroatoms. The van der Waals surface area contributed by atoms with Gasteiger partial charge in [-0.3, -0.25) is 14.4 Å². The first-order chi connectivity index (χ1) is 14.4. The van der Waals surface area contributed by atoms with Gasteiger partial charge in [0.15, 0.2) is 0 Å². The predicted molar refractivity (Wildman–Crippen MR) is 111 cm³/mol. The molecular formula is C22H20BrN2O5-. The van der Waals surface area contributed by atoms with Crippen molar-refractivity contribution in [2.24, 2.45) is 0 Å². The molecule has 0 bridgehead atoms. The second kappa shape index (κ2) is 9.67. The smallest absolute Gasteiger partial charge is 0.257 e. The Kier molecular flexibility index (Phi) is 6.99. The monoisotopic (exact) mass is 471 g/mol. The van der Waals surface area contributed by atoms with Gasteiger partial charge in [-0.25, -0.2) is 4.90 Å². The summed E-state index contributed by atoms with van der Waals surface area (Å²) in [5.41, 5.74) is 1.40. The highest BCUT2D eigenvalue weighted by atomic mass is 79.9. The molecule has 30 heavy (non-hydrogen) atoms. The zero-order valence-electron chi connectivity index (χ0n) is 16.1. The number of benzene rings is 2. The summed E-state index contributed by atoms with van der Waals surface area (Å²) in [5, 5.41) is 10.8. The highest BCUT2D eigenvalue weighted by molar-refractivity contribution is 9.10. The van der Waals surface area contributed by atoms with E-state index in [2.05, 4.69) is 15.9 Å². The van der Waals surface area contributed by atoms with Crippen LogP contribution in [0.25, 0.3) is 0 Å². The molecule has 0 radical (unpaired) electrons. The van der Waals surface area contributed by atoms with Gasteiger partial charge in [0.25, 0.3) is 5.91 Å². The molecule has 0 N–H and O–H groups in total. The molecule has 1 fully saturated rings. The summed E-state index contributed by atoms with van der Waals surface area (Å²) in [5.74, 6) is -2.71. The zero-order valence-corrected chi connectivity index (χ0v) is 17.7. The van der Waals surface area contributed by atoms with Crippen LogP contribution in [0.1, 0.15) is 24.8 Å². The van der Waals surface area contributed by atoms with Gasteiger partial charge < -0.3 is 14.8 Å². The van der Waals surface area contributed by atoms with Gasteiger partial charge in [-0.05, 0) is 42.7 Å². The fourth-order valence-electron chi connectivity index (χ4n) is 3.42. The van der Waals surface area contributed by atoms with E-state index in [-0.39, 0.29) is 19.4 Å². The first kappa shape index (κ1) is 21.7. The van der Waals surface area contributed by atoms with Crippen LogP contribution in [-0.2, 0) is 25.6 Å². The van der Waals surface area contributed by atoms with Gasteiger partial charge in [-0.1, -0.05) is 46.3 Å². The van der Waals surface area contributed by atoms with Crippen LogP contribution in [-0.4, -0.2) is 41.2 Å². The summed E-state index contributed by atoms with van der Waals surface area (Å²) >= 11 is 3.32. The number of imide groups is 1. The molecule has 0 spiro atoms. The van der Waals surface area contributed by atoms with Crippen LogP contribution >= 0.6 is 15.9 Å². The number of halogens is 1. The minimum atomic E-state index is -1.34. The van der Waals surface area contributed by atoms with Gasteiger partial charge in [0, 0.05) is 23.4 Å². The van der Waals surface area contributed by atoms with Crippen molar-refractivity contribution >= 4 is 45.3 Å². The Labute approximate surface area is 182 Å². The Bertz CT molecular complexity index is 946. The molecule has 1 saturated heterocycles. The number of hydrogen-bond acceptors (Lipinski definition) is 5. The van der Waals surface area contributed by atoms with Crippen LogP contribution in [0.15, 0.2) is 59.1 Å². The highest BCUT2D eigenvalue weighted by Crippen LogP contribution is 2.27. The highest BCUT2D eigenvalue weighted by Gasteiger charge is 2.44. The summed E-state index contributed by atoms with van der Waals surface area (Å²) in [6.45, 7) is 0.202. The van der Waals surface area contributed by atoms with Crippen molar-refractivity contribution in [3.05, 3.63) is 64.6 Å². The van der Waals surface area contributed by atoms with Gasteiger partial charge in [0.05, 0.1) is 12.1 Å². The number of carbonyl (C=O) groups is 4. The summed E-state index contributed by atoms with van der Waals surface area (Å²) in [6.07, 6.45) is -0.381. The van der Waals surface area contributed by atoms with E-state index < -0.39 is 36.2 Å². The standard InChI is InChI=1S/C22H21BrN2O5/c23-16-6-8-17(9-7-16)25-20(27)14-18(22(25)30)24(19(26)10-11-21(28)29)13-12-15-4-2-1-3-5-15/h1-9,18H,10-14H2,(H,28,29)/p-1/t18-/m0/s1. The minimum Gasteiger partial charge on any atom is -0.550 e. The quantitative estimate of drug-likeness (QED) is 0.545. The van der Waals surface area contributed by atoms with Gasteiger partial charge in [0.1, 0.15) is 6.04 Å². The molecular weight excluding hydrogens is 452 g/mol. The molecule has 3 amide bonds. The molecule has 7 nitrogen and oxygen atoms in total. The first-order valence-corrected chi connectivity index (χ1v) is 10.3. The second-order valence-corrected chi connectivity index (χ2v) is 7.87. The van der Waals surface area contributed by atoms with E-state index in [0.29, 0.717) is 12.1 Å². The van der Waals surface area contributed by atoms with Crippen molar-refractivity contribution in [1.82, 2.24) is 4.90 Å². The number of amides is 3. The summed E-state index contributed by atoms with van der Waals surface area (Å²) < 4.78 is 0.809. The number of aliphatic carboxylic acids is 1. The molecule has 2 aromatic rings. The van der Waals surface area contributed by atoms with E-state index in [1.807, 2.05) is 30.3 Å². The summed E-state index contributed by atoms with van der Waals surface area (Å²) in [7, 11) is 0. The topological polar surface area (TPSA) is 97.8 Å². The third-order valence-electron chi connectivity index (χ3n) is 4.93. The minimum absolute atomic E-state index is 0.138. The second-order valence-electron chi connectivity index (χ2n) is 6.96. The molecule has 0 saturated carbocycles. The average molecular weight is 472 g/mol. The van der Waals surface area contributed by atoms with Crippen LogP contribution in [0.4, 0.5) is 5.69 Å². The van der Waals surface area contributed by atoms with Crippen LogP contribution < -0.4 is 10.0 Å². The first-order valence-electron chi connectivity index (χ1n) is 9.52. The Morgan fingerprint density at radius 3 is 2.33 bits per heavy atom. The largest absolute Gasteiger partial charge is 0.550 e. The van der Waals surface area contributed by atoms with Crippen LogP contribution in [0.2, 0.25) is 0 Å². The SMILES string of the molecule is O=C([O-])CCC(=O)N(CCc1ccccc1)[C@H]1CC(=O)N(c2ccc(Br)cc2)C1=O. The lowest BCUT2D eigenvalue weighted by Gasteiger charge is -2.28. The van der Waals surface area contributed by atoms with Gasteiger partial charge in [-0.15, -0.1) is 0 Å². The molecule has 1 heterocycles. The molecule has 0 unspecified atom stereocenters. The Morgan fingerprint density at radius 2 is 1.70 bits per heavy atom. The molecule has 1 aliphatic rings. The lowest BCUT2D eigenvalue weighted by Crippen LogP contribution is -2.46. The Morgan fingerprint density at radius 1 is 1.03 bits per heavy atom. The molecule has 3 rings (SSSR count). The van der Waals surface area contributed by atoms with Crippen LogP contribution in [0.5, 0.6) is 0 Å². The van der Waals surface area contributed by atoms with Crippen molar-refractivity contribution in [1.29, 1.82) is 0 Å². The number of anilines is 1. The van der Waals surface area contributed by atoms with Crippen LogP contribution in [0, 0.1) is 0 Å². The lowest BCUT2D eigenvalue weighted by atomic mass is 10.1. The molecule has 156 valence electrons. The molecule has 2 aromatic carbocycles. The fourth-order valence-corrected chi connectivity index (χ4v) is 3.69. The number of carboxylic acid groups (broad SMARTS) is 1. The zero-order chi connectivity index (χ0) is 21.7. The lowest BCUT2D eigenvalue weighted by molar-refractivity contribution is -0.305. The van der Waals surface area contributed by atoms with Crippen molar-refractivity contribution in [2.45, 2.75) is 31.7 Å². The maximum Gasteiger partial charge on any atom is 0.257 e. The van der Waals surface area contributed by atoms with E-state index in [4.69, 9.17) is 0 Å². The van der Waals surface area contributed by atoms with Crippen molar-refractivity contribution in [3.8, 4) is 0 Å². The number of rotatable bonds is 8. The summed E-state index contributed by atoms with van der Waals surface area (Å²) in [4.78, 5) is 51.6. The summed E-state index contributed by atoms with van der Waals surface area (Å²) in [6, 6.07) is 15.2. The Balaban J connectivity index is 1.81. The van der Waals surface area contributed by atoms with E-state index in [1.54, 1.807) is 24.3 Å². The third kappa shape index (κ3) is 5.13. The fraction of sp³-hybridized carbons (Fsp3) is 0.273. The van der Waals surface area contributed by atoms with Crippen molar-refractivity contribution in [2.75, 3.05) is 11.4 Å². The molecule has 0 aliphatic carbocycles. The van der Waals surface area contributed by atoms with Gasteiger partial charge in [0.2, 0.25) is 11.8 Å². The van der Waals surface area contributed by atoms with Crippen molar-refractivity contribution < 1.29 is 24.3 Å². The number of hydrogen-bond donors (Lipinski definition) is 0. The number of carboxylic acids is 1. The number of nitrogens with zero attached hydrogens (tertiary/aromatic N) is 2.